The van der Waals surface area contributed by atoms with Gasteiger partial charge in [0, 0.05) is 37.6 Å². The molecule has 128 valence electrons. The van der Waals surface area contributed by atoms with Gasteiger partial charge in [0.1, 0.15) is 0 Å². The van der Waals surface area contributed by atoms with Crippen molar-refractivity contribution in [3.8, 4) is 0 Å². The molecule has 0 atom stereocenters. The number of nitrogens with two attached hydrogens (primary N) is 1. The van der Waals surface area contributed by atoms with Gasteiger partial charge in [0.15, 0.2) is 0 Å². The monoisotopic (exact) mass is 329 g/mol. The number of hydrogen-bond donors (Lipinski definition) is 1. The molecule has 23 heavy (non-hydrogen) atoms. The predicted molar refractivity (Wildman–Crippen MR) is 84.4 cm³/mol. The van der Waals surface area contributed by atoms with Crippen LogP contribution < -0.4 is 10.6 Å². The first-order valence-electron chi connectivity index (χ1n) is 7.50. The summed E-state index contributed by atoms with van der Waals surface area (Å²) >= 11 is 0. The zero-order valence-corrected chi connectivity index (χ0v) is 13.6. The fourth-order valence-corrected chi connectivity index (χ4v) is 2.60. The van der Waals surface area contributed by atoms with E-state index < -0.39 is 12.1 Å². The average Bonchev–Trinajstić information content (AvgIpc) is 2.44. The molecule has 0 unspecified atom stereocenters. The highest BCUT2D eigenvalue weighted by atomic mass is 19.4. The summed E-state index contributed by atoms with van der Waals surface area (Å²) in [4.78, 5) is 14.1. The second kappa shape index (κ2) is 5.94. The minimum Gasteiger partial charge on any atom is -0.399 e. The molecule has 2 N–H and O–H groups in total. The summed E-state index contributed by atoms with van der Waals surface area (Å²) in [6.07, 6.45) is -4.81. The number of nitrogen functional groups attached to an aromatic ring is 1. The van der Waals surface area contributed by atoms with Gasteiger partial charge in [-0.15, -0.1) is 0 Å². The van der Waals surface area contributed by atoms with Crippen LogP contribution >= 0.6 is 0 Å². The topological polar surface area (TPSA) is 49.6 Å². The smallest absolute Gasteiger partial charge is 0.399 e. The Hall–Kier alpha value is -1.92. The van der Waals surface area contributed by atoms with Crippen molar-refractivity contribution in [3.05, 3.63) is 23.8 Å². The van der Waals surface area contributed by atoms with E-state index in [2.05, 4.69) is 20.8 Å². The van der Waals surface area contributed by atoms with Gasteiger partial charge in [-0.25, -0.2) is 0 Å². The van der Waals surface area contributed by atoms with Gasteiger partial charge in [-0.1, -0.05) is 20.8 Å². The molecule has 1 amide bonds. The van der Waals surface area contributed by atoms with Gasteiger partial charge in [0.2, 0.25) is 0 Å². The van der Waals surface area contributed by atoms with Crippen molar-refractivity contribution < 1.29 is 18.0 Å². The third-order valence-corrected chi connectivity index (χ3v) is 3.98. The number of piperazine rings is 1. The number of benzene rings is 1. The Morgan fingerprint density at radius 1 is 1.04 bits per heavy atom. The highest BCUT2D eigenvalue weighted by Crippen LogP contribution is 2.30. The first-order chi connectivity index (χ1) is 10.5. The van der Waals surface area contributed by atoms with E-state index in [0.717, 1.165) is 16.2 Å². The van der Waals surface area contributed by atoms with Crippen LogP contribution in [0.15, 0.2) is 18.2 Å². The number of alkyl halides is 3. The highest BCUT2D eigenvalue weighted by molar-refractivity contribution is 5.82. The van der Waals surface area contributed by atoms with E-state index in [9.17, 15) is 18.0 Å². The molecule has 1 aliphatic rings. The van der Waals surface area contributed by atoms with Crippen molar-refractivity contribution in [2.75, 3.05) is 36.8 Å². The lowest BCUT2D eigenvalue weighted by molar-refractivity contribution is -0.185. The zero-order chi connectivity index (χ0) is 17.4. The maximum absolute atomic E-state index is 12.5. The van der Waals surface area contributed by atoms with Crippen molar-refractivity contribution in [1.29, 1.82) is 0 Å². The maximum Gasteiger partial charge on any atom is 0.471 e. The summed E-state index contributed by atoms with van der Waals surface area (Å²) in [5, 5.41) is 0. The minimum absolute atomic E-state index is 0.0536. The largest absolute Gasteiger partial charge is 0.471 e. The van der Waals surface area contributed by atoms with Crippen LogP contribution in [0.25, 0.3) is 0 Å². The van der Waals surface area contributed by atoms with Crippen molar-refractivity contribution in [2.24, 2.45) is 0 Å². The first kappa shape index (κ1) is 17.4. The van der Waals surface area contributed by atoms with Crippen molar-refractivity contribution in [1.82, 2.24) is 4.90 Å². The Kier molecular flexibility index (Phi) is 4.50. The quantitative estimate of drug-likeness (QED) is 0.806. The molecule has 0 radical (unpaired) electrons. The van der Waals surface area contributed by atoms with Crippen LogP contribution in [0.2, 0.25) is 0 Å². The van der Waals surface area contributed by atoms with Gasteiger partial charge >= 0.3 is 12.1 Å². The molecule has 0 saturated carbocycles. The summed E-state index contributed by atoms with van der Waals surface area (Å²) in [5.74, 6) is -1.76. The molecule has 0 aromatic heterocycles. The summed E-state index contributed by atoms with van der Waals surface area (Å²) in [6.45, 7) is 7.04. The van der Waals surface area contributed by atoms with Crippen LogP contribution in [0, 0.1) is 0 Å². The van der Waals surface area contributed by atoms with Gasteiger partial charge in [-0.3, -0.25) is 4.79 Å². The number of hydrogen-bond acceptors (Lipinski definition) is 3. The van der Waals surface area contributed by atoms with Gasteiger partial charge in [0.25, 0.3) is 0 Å². The van der Waals surface area contributed by atoms with E-state index in [1.54, 1.807) is 0 Å². The molecule has 1 aliphatic heterocycles. The van der Waals surface area contributed by atoms with E-state index in [0.29, 0.717) is 18.8 Å². The van der Waals surface area contributed by atoms with Gasteiger partial charge in [0.05, 0.1) is 0 Å². The normalized spacial score (nSPS) is 16.6. The zero-order valence-electron chi connectivity index (χ0n) is 13.6. The third-order valence-electron chi connectivity index (χ3n) is 3.98. The van der Waals surface area contributed by atoms with Crippen LogP contribution in [0.1, 0.15) is 26.3 Å². The SMILES string of the molecule is CC(C)(C)c1cc(N)cc(N2CCN(C(=O)C(F)(F)F)CC2)c1. The average molecular weight is 329 g/mol. The Morgan fingerprint density at radius 3 is 2.09 bits per heavy atom. The second-order valence-electron chi connectivity index (χ2n) is 6.84. The van der Waals surface area contributed by atoms with Crippen LogP contribution in [-0.4, -0.2) is 43.2 Å². The third kappa shape index (κ3) is 4.09. The summed E-state index contributed by atoms with van der Waals surface area (Å²) in [7, 11) is 0. The number of carbonyl (C=O) groups excluding carboxylic acids is 1. The standard InChI is InChI=1S/C16H22F3N3O/c1-15(2,3)11-8-12(20)10-13(9-11)21-4-6-22(7-5-21)14(23)16(17,18)19/h8-10H,4-7,20H2,1-3H3. The van der Waals surface area contributed by atoms with Crippen LogP contribution in [-0.2, 0) is 10.2 Å². The molecule has 4 nitrogen and oxygen atoms in total. The second-order valence-corrected chi connectivity index (χ2v) is 6.84. The van der Waals surface area contributed by atoms with Crippen LogP contribution in [0.5, 0.6) is 0 Å². The molecular formula is C16H22F3N3O. The molecule has 1 heterocycles. The molecule has 0 aliphatic carbocycles. The fourth-order valence-electron chi connectivity index (χ4n) is 2.60. The molecule has 1 fully saturated rings. The number of amides is 1. The molecule has 0 bridgehead atoms. The summed E-state index contributed by atoms with van der Waals surface area (Å²) in [5.41, 5.74) is 8.46. The van der Waals surface area contributed by atoms with Crippen LogP contribution in [0.3, 0.4) is 0 Å². The summed E-state index contributed by atoms with van der Waals surface area (Å²) in [6, 6.07) is 5.74. The molecule has 7 heteroatoms. The van der Waals surface area contributed by atoms with E-state index in [-0.39, 0.29) is 18.5 Å². The number of halogens is 3. The molecule has 0 spiro atoms. The van der Waals surface area contributed by atoms with Gasteiger partial charge in [-0.05, 0) is 29.2 Å². The maximum atomic E-state index is 12.5. The van der Waals surface area contributed by atoms with Crippen LogP contribution in [0.4, 0.5) is 24.5 Å². The molecule has 1 saturated heterocycles. The fraction of sp³-hybridized carbons (Fsp3) is 0.562. The Bertz CT molecular complexity index is 585. The van der Waals surface area contributed by atoms with E-state index >= 15 is 0 Å². The minimum atomic E-state index is -4.81. The van der Waals surface area contributed by atoms with E-state index in [1.165, 1.54) is 0 Å². The Balaban J connectivity index is 2.12. The Morgan fingerprint density at radius 2 is 1.61 bits per heavy atom. The lowest BCUT2D eigenvalue weighted by atomic mass is 9.86. The number of carbonyl (C=O) groups is 1. The van der Waals surface area contributed by atoms with Gasteiger partial charge in [-0.2, -0.15) is 13.2 Å². The van der Waals surface area contributed by atoms with E-state index in [1.807, 2.05) is 23.1 Å². The molecular weight excluding hydrogens is 307 g/mol. The highest BCUT2D eigenvalue weighted by Gasteiger charge is 2.43. The Labute approximate surface area is 134 Å². The molecule has 2 rings (SSSR count). The van der Waals surface area contributed by atoms with Crippen molar-refractivity contribution >= 4 is 17.3 Å². The first-order valence-corrected chi connectivity index (χ1v) is 7.50. The predicted octanol–water partition coefficient (Wildman–Crippen LogP) is 2.78. The number of anilines is 2. The van der Waals surface area contributed by atoms with Gasteiger partial charge < -0.3 is 15.5 Å². The lowest BCUT2D eigenvalue weighted by Crippen LogP contribution is -2.52. The van der Waals surface area contributed by atoms with E-state index in [4.69, 9.17) is 5.73 Å². The van der Waals surface area contributed by atoms with Crippen molar-refractivity contribution in [2.45, 2.75) is 32.4 Å². The molecule has 1 aromatic rings. The summed E-state index contributed by atoms with van der Waals surface area (Å²) < 4.78 is 37.4. The number of rotatable bonds is 1. The lowest BCUT2D eigenvalue weighted by Gasteiger charge is -2.37. The van der Waals surface area contributed by atoms with Crippen molar-refractivity contribution in [3.63, 3.8) is 0 Å². The number of nitrogens with zero attached hydrogens (tertiary/aromatic N) is 2. The molecule has 1 aromatic carbocycles.